The van der Waals surface area contributed by atoms with E-state index in [1.807, 2.05) is 12.1 Å². The number of nitrogens with one attached hydrogen (secondary N) is 2. The smallest absolute Gasteiger partial charge is 0.335 e. The van der Waals surface area contributed by atoms with Gasteiger partial charge in [0.05, 0.1) is 12.7 Å². The number of aromatic nitrogens is 3. The maximum atomic E-state index is 11.1. The van der Waals surface area contributed by atoms with Crippen molar-refractivity contribution in [3.8, 4) is 17.0 Å². The van der Waals surface area contributed by atoms with Crippen LogP contribution in [0, 0.1) is 5.41 Å². The Labute approximate surface area is 149 Å². The first-order valence-corrected chi connectivity index (χ1v) is 7.72. The van der Waals surface area contributed by atoms with E-state index in [9.17, 15) is 4.79 Å². The van der Waals surface area contributed by atoms with E-state index in [2.05, 4.69) is 15.4 Å². The van der Waals surface area contributed by atoms with E-state index in [1.165, 1.54) is 16.8 Å². The Morgan fingerprint density at radius 3 is 2.62 bits per heavy atom. The van der Waals surface area contributed by atoms with Gasteiger partial charge in [-0.3, -0.25) is 5.41 Å². The van der Waals surface area contributed by atoms with Crippen LogP contribution in [0.5, 0.6) is 5.75 Å². The van der Waals surface area contributed by atoms with Crippen molar-refractivity contribution < 1.29 is 14.6 Å². The minimum atomic E-state index is -1.01. The third-order valence-corrected chi connectivity index (χ3v) is 3.74. The first kappa shape index (κ1) is 17.2. The highest BCUT2D eigenvalue weighted by Crippen LogP contribution is 2.20. The summed E-state index contributed by atoms with van der Waals surface area (Å²) in [6, 6.07) is 13.6. The zero-order valence-electron chi connectivity index (χ0n) is 14.2. The molecule has 0 bridgehead atoms. The number of rotatable bonds is 5. The number of carboxylic acids is 1. The van der Waals surface area contributed by atoms with Crippen LogP contribution in [0.25, 0.3) is 11.3 Å². The average molecular weight is 351 g/mol. The highest BCUT2D eigenvalue weighted by molar-refractivity contribution is 5.89. The van der Waals surface area contributed by atoms with Crippen molar-refractivity contribution in [2.24, 2.45) is 7.05 Å². The van der Waals surface area contributed by atoms with Crippen LogP contribution in [0.3, 0.4) is 0 Å². The number of hydrogen-bond acceptors (Lipinski definition) is 6. The van der Waals surface area contributed by atoms with Crippen molar-refractivity contribution in [3.05, 3.63) is 59.6 Å². The number of aryl methyl sites for hydroxylation is 1. The van der Waals surface area contributed by atoms with Crippen LogP contribution in [0.2, 0.25) is 0 Å². The zero-order chi connectivity index (χ0) is 18.7. The molecule has 3 N–H and O–H groups in total. The van der Waals surface area contributed by atoms with Gasteiger partial charge < -0.3 is 15.2 Å². The lowest BCUT2D eigenvalue weighted by atomic mass is 10.1. The number of ether oxygens (including phenoxy) is 1. The number of carboxylic acid groups (broad SMARTS) is 1. The van der Waals surface area contributed by atoms with E-state index < -0.39 is 5.97 Å². The fraction of sp³-hybridized carbons (Fsp3) is 0.111. The lowest BCUT2D eigenvalue weighted by molar-refractivity contribution is 0.0697. The van der Waals surface area contributed by atoms with Gasteiger partial charge in [0.1, 0.15) is 11.4 Å². The number of hydrogen-bond donors (Lipinski definition) is 3. The van der Waals surface area contributed by atoms with Gasteiger partial charge in [0.15, 0.2) is 5.49 Å². The number of anilines is 2. The Bertz CT molecular complexity index is 1010. The zero-order valence-corrected chi connectivity index (χ0v) is 14.2. The molecule has 0 spiro atoms. The second kappa shape index (κ2) is 7.06. The number of benzene rings is 2. The quantitative estimate of drug-likeness (QED) is 0.650. The molecule has 8 nitrogen and oxygen atoms in total. The molecular formula is C18H17N5O3. The molecule has 0 fully saturated rings. The summed E-state index contributed by atoms with van der Waals surface area (Å²) in [4.78, 5) is 15.5. The molecule has 0 aliphatic carbocycles. The third kappa shape index (κ3) is 3.54. The molecule has 0 radical (unpaired) electrons. The molecule has 1 heterocycles. The van der Waals surface area contributed by atoms with Crippen LogP contribution in [-0.4, -0.2) is 33.0 Å². The first-order chi connectivity index (χ1) is 12.5. The normalized spacial score (nSPS) is 10.4. The SMILES string of the molecule is COc1ccc(-c2nc(Nc3cccc(C(=O)O)c3)nn(C)c2=N)cc1. The molecule has 3 aromatic rings. The van der Waals surface area contributed by atoms with E-state index in [0.717, 1.165) is 5.56 Å². The minimum absolute atomic E-state index is 0.153. The fourth-order valence-corrected chi connectivity index (χ4v) is 2.39. The standard InChI is InChI=1S/C18H17N5O3/c1-23-16(19)15(11-6-8-14(26-2)9-7-11)21-18(22-23)20-13-5-3-4-12(10-13)17(24)25/h3-10,19H,1-2H3,(H,20,22)(H,24,25). The van der Waals surface area contributed by atoms with Gasteiger partial charge in [-0.1, -0.05) is 6.07 Å². The second-order valence-electron chi connectivity index (χ2n) is 5.50. The van der Waals surface area contributed by atoms with E-state index in [-0.39, 0.29) is 17.0 Å². The molecule has 0 saturated heterocycles. The second-order valence-corrected chi connectivity index (χ2v) is 5.50. The van der Waals surface area contributed by atoms with Gasteiger partial charge in [-0.2, -0.15) is 0 Å². The third-order valence-electron chi connectivity index (χ3n) is 3.74. The maximum absolute atomic E-state index is 11.1. The number of aromatic carboxylic acids is 1. The highest BCUT2D eigenvalue weighted by atomic mass is 16.5. The van der Waals surface area contributed by atoms with E-state index in [4.69, 9.17) is 15.3 Å². The molecule has 132 valence electrons. The predicted octanol–water partition coefficient (Wildman–Crippen LogP) is 2.41. The molecule has 0 amide bonds. The van der Waals surface area contributed by atoms with Gasteiger partial charge in [0, 0.05) is 18.3 Å². The summed E-state index contributed by atoms with van der Waals surface area (Å²) in [6.45, 7) is 0. The van der Waals surface area contributed by atoms with Crippen molar-refractivity contribution in [1.82, 2.24) is 14.8 Å². The van der Waals surface area contributed by atoms with E-state index in [1.54, 1.807) is 38.4 Å². The molecule has 0 aliphatic rings. The van der Waals surface area contributed by atoms with Crippen LogP contribution in [0.4, 0.5) is 11.6 Å². The van der Waals surface area contributed by atoms with E-state index in [0.29, 0.717) is 17.1 Å². The van der Waals surface area contributed by atoms with E-state index >= 15 is 0 Å². The van der Waals surface area contributed by atoms with Crippen molar-refractivity contribution in [2.45, 2.75) is 0 Å². The highest BCUT2D eigenvalue weighted by Gasteiger charge is 2.10. The fourth-order valence-electron chi connectivity index (χ4n) is 2.39. The Hall–Kier alpha value is -3.68. The van der Waals surface area contributed by atoms with Crippen LogP contribution in [-0.2, 0) is 7.05 Å². The van der Waals surface area contributed by atoms with Crippen LogP contribution >= 0.6 is 0 Å². The monoisotopic (exact) mass is 351 g/mol. The Balaban J connectivity index is 1.99. The molecule has 2 aromatic carbocycles. The summed E-state index contributed by atoms with van der Waals surface area (Å²) in [7, 11) is 3.23. The molecule has 0 unspecified atom stereocenters. The van der Waals surface area contributed by atoms with Crippen molar-refractivity contribution in [2.75, 3.05) is 12.4 Å². The Morgan fingerprint density at radius 2 is 1.96 bits per heavy atom. The van der Waals surface area contributed by atoms with Gasteiger partial charge in [-0.25, -0.2) is 14.5 Å². The Kier molecular flexibility index (Phi) is 4.66. The lowest BCUT2D eigenvalue weighted by Gasteiger charge is -2.10. The Morgan fingerprint density at radius 1 is 1.23 bits per heavy atom. The molecule has 0 saturated carbocycles. The van der Waals surface area contributed by atoms with Gasteiger partial charge in [-0.15, -0.1) is 5.10 Å². The molecule has 0 aliphatic heterocycles. The maximum Gasteiger partial charge on any atom is 0.335 e. The molecule has 26 heavy (non-hydrogen) atoms. The van der Waals surface area contributed by atoms with Gasteiger partial charge in [0.2, 0.25) is 5.95 Å². The van der Waals surface area contributed by atoms with Crippen LogP contribution < -0.4 is 15.5 Å². The largest absolute Gasteiger partial charge is 0.497 e. The van der Waals surface area contributed by atoms with Gasteiger partial charge in [0.25, 0.3) is 0 Å². The predicted molar refractivity (Wildman–Crippen MR) is 95.5 cm³/mol. The lowest BCUT2D eigenvalue weighted by Crippen LogP contribution is -2.24. The molecule has 3 rings (SSSR count). The summed E-state index contributed by atoms with van der Waals surface area (Å²) in [5, 5.41) is 24.5. The number of nitrogens with zero attached hydrogens (tertiary/aromatic N) is 3. The first-order valence-electron chi connectivity index (χ1n) is 7.72. The van der Waals surface area contributed by atoms with Crippen molar-refractivity contribution in [1.29, 1.82) is 5.41 Å². The van der Waals surface area contributed by atoms with Crippen LogP contribution in [0.1, 0.15) is 10.4 Å². The van der Waals surface area contributed by atoms with Gasteiger partial charge in [-0.05, 0) is 42.5 Å². The topological polar surface area (TPSA) is 113 Å². The summed E-state index contributed by atoms with van der Waals surface area (Å²) in [5.74, 6) is -0.0417. The minimum Gasteiger partial charge on any atom is -0.497 e. The molecule has 8 heteroatoms. The molecular weight excluding hydrogens is 334 g/mol. The summed E-state index contributed by atoms with van der Waals surface area (Å²) >= 11 is 0. The summed E-state index contributed by atoms with van der Waals surface area (Å²) in [6.07, 6.45) is 0. The summed E-state index contributed by atoms with van der Waals surface area (Å²) < 4.78 is 6.55. The number of carbonyl (C=O) groups is 1. The summed E-state index contributed by atoms with van der Waals surface area (Å²) in [5.41, 5.74) is 2.05. The van der Waals surface area contributed by atoms with Crippen molar-refractivity contribution in [3.63, 3.8) is 0 Å². The van der Waals surface area contributed by atoms with Gasteiger partial charge >= 0.3 is 5.97 Å². The molecule has 0 atom stereocenters. The number of methoxy groups -OCH3 is 1. The van der Waals surface area contributed by atoms with Crippen LogP contribution in [0.15, 0.2) is 48.5 Å². The average Bonchev–Trinajstić information content (AvgIpc) is 2.65. The van der Waals surface area contributed by atoms with Crippen molar-refractivity contribution >= 4 is 17.6 Å². The molecule has 1 aromatic heterocycles.